The molecule has 2 N–H and O–H groups in total. The summed E-state index contributed by atoms with van der Waals surface area (Å²) < 4.78 is 27.4. The molecule has 0 radical (unpaired) electrons. The van der Waals surface area contributed by atoms with Gasteiger partial charge in [0.1, 0.15) is 5.69 Å². The SMILES string of the molecule is C[C@@H](Nc1ccc(S(=O)(=O)NC(C)(C)C)cc1[N+](=O)[O-])c1ccc(Cl)cc1. The average molecular weight is 412 g/mol. The minimum atomic E-state index is -3.87. The highest BCUT2D eigenvalue weighted by Crippen LogP contribution is 2.31. The molecule has 2 rings (SSSR count). The summed E-state index contributed by atoms with van der Waals surface area (Å²) in [4.78, 5) is 10.7. The Bertz CT molecular complexity index is 938. The highest BCUT2D eigenvalue weighted by Gasteiger charge is 2.26. The van der Waals surface area contributed by atoms with Gasteiger partial charge in [-0.15, -0.1) is 0 Å². The Kier molecular flexibility index (Phi) is 6.14. The molecule has 0 aliphatic carbocycles. The van der Waals surface area contributed by atoms with Crippen LogP contribution in [0.5, 0.6) is 0 Å². The Morgan fingerprint density at radius 3 is 2.22 bits per heavy atom. The van der Waals surface area contributed by atoms with Gasteiger partial charge >= 0.3 is 0 Å². The summed E-state index contributed by atoms with van der Waals surface area (Å²) in [6.07, 6.45) is 0. The molecule has 2 aromatic carbocycles. The van der Waals surface area contributed by atoms with Gasteiger partial charge in [0.15, 0.2) is 0 Å². The molecule has 146 valence electrons. The van der Waals surface area contributed by atoms with Crippen LogP contribution in [0.2, 0.25) is 5.02 Å². The monoisotopic (exact) mass is 411 g/mol. The van der Waals surface area contributed by atoms with E-state index in [4.69, 9.17) is 11.6 Å². The summed E-state index contributed by atoms with van der Waals surface area (Å²) in [6.45, 7) is 6.94. The molecule has 0 spiro atoms. The van der Waals surface area contributed by atoms with Crippen LogP contribution in [0.1, 0.15) is 39.3 Å². The first-order valence-corrected chi connectivity index (χ1v) is 10.1. The van der Waals surface area contributed by atoms with Gasteiger partial charge in [-0.3, -0.25) is 10.1 Å². The molecule has 2 aromatic rings. The molecule has 1 atom stereocenters. The lowest BCUT2D eigenvalue weighted by Gasteiger charge is -2.21. The standard InChI is InChI=1S/C18H22ClN3O4S/c1-12(13-5-7-14(19)8-6-13)20-16-10-9-15(11-17(16)22(23)24)27(25,26)21-18(2,3)4/h5-12,20-21H,1-4H3/t12-/m1/s1. The van der Waals surface area contributed by atoms with E-state index in [9.17, 15) is 18.5 Å². The molecule has 0 saturated heterocycles. The smallest absolute Gasteiger partial charge is 0.293 e. The molecular formula is C18H22ClN3O4S. The van der Waals surface area contributed by atoms with Crippen molar-refractivity contribution in [2.75, 3.05) is 5.32 Å². The molecule has 7 nitrogen and oxygen atoms in total. The first kappa shape index (κ1) is 21.1. The number of hydrogen-bond donors (Lipinski definition) is 2. The van der Waals surface area contributed by atoms with Crippen LogP contribution >= 0.6 is 11.6 Å². The Morgan fingerprint density at radius 2 is 1.70 bits per heavy atom. The quantitative estimate of drug-likeness (QED) is 0.538. The maximum absolute atomic E-state index is 12.4. The zero-order valence-electron chi connectivity index (χ0n) is 15.5. The maximum atomic E-state index is 12.4. The van der Waals surface area contributed by atoms with Gasteiger partial charge in [-0.1, -0.05) is 23.7 Å². The van der Waals surface area contributed by atoms with Crippen molar-refractivity contribution in [2.24, 2.45) is 0 Å². The van der Waals surface area contributed by atoms with Crippen LogP contribution in [0.4, 0.5) is 11.4 Å². The van der Waals surface area contributed by atoms with Crippen LogP contribution < -0.4 is 10.0 Å². The van der Waals surface area contributed by atoms with E-state index in [-0.39, 0.29) is 22.3 Å². The number of sulfonamides is 1. The van der Waals surface area contributed by atoms with Crippen molar-refractivity contribution in [3.63, 3.8) is 0 Å². The predicted molar refractivity (Wildman–Crippen MR) is 107 cm³/mol. The van der Waals surface area contributed by atoms with E-state index in [0.29, 0.717) is 5.02 Å². The second kappa shape index (κ2) is 7.84. The minimum absolute atomic E-state index is 0.158. The highest BCUT2D eigenvalue weighted by atomic mass is 35.5. The Labute approximate surface area is 163 Å². The fraction of sp³-hybridized carbons (Fsp3) is 0.333. The Hall–Kier alpha value is -2.16. The number of rotatable bonds is 6. The van der Waals surface area contributed by atoms with E-state index in [0.717, 1.165) is 11.6 Å². The van der Waals surface area contributed by atoms with Crippen molar-refractivity contribution >= 4 is 33.0 Å². The predicted octanol–water partition coefficient (Wildman–Crippen LogP) is 4.50. The van der Waals surface area contributed by atoms with E-state index >= 15 is 0 Å². The zero-order chi connectivity index (χ0) is 20.4. The summed E-state index contributed by atoms with van der Waals surface area (Å²) in [5.74, 6) is 0. The van der Waals surface area contributed by atoms with E-state index in [2.05, 4.69) is 10.0 Å². The van der Waals surface area contributed by atoms with Crippen LogP contribution in [0, 0.1) is 10.1 Å². The third-order valence-electron chi connectivity index (χ3n) is 3.66. The van der Waals surface area contributed by atoms with Crippen LogP contribution in [0.15, 0.2) is 47.4 Å². The summed E-state index contributed by atoms with van der Waals surface area (Å²) in [7, 11) is -3.87. The summed E-state index contributed by atoms with van der Waals surface area (Å²) in [5.41, 5.74) is 0.109. The van der Waals surface area contributed by atoms with Gasteiger partial charge in [0.05, 0.1) is 9.82 Å². The lowest BCUT2D eigenvalue weighted by atomic mass is 10.1. The van der Waals surface area contributed by atoms with Crippen LogP contribution in [-0.2, 0) is 10.0 Å². The number of benzene rings is 2. The Morgan fingerprint density at radius 1 is 1.11 bits per heavy atom. The second-order valence-corrected chi connectivity index (χ2v) is 9.33. The number of nitro benzene ring substituents is 1. The lowest BCUT2D eigenvalue weighted by molar-refractivity contribution is -0.384. The van der Waals surface area contributed by atoms with E-state index < -0.39 is 20.5 Å². The number of nitrogens with zero attached hydrogens (tertiary/aromatic N) is 1. The largest absolute Gasteiger partial charge is 0.373 e. The van der Waals surface area contributed by atoms with Gasteiger partial charge in [0.25, 0.3) is 5.69 Å². The number of anilines is 1. The number of nitrogens with one attached hydrogen (secondary N) is 2. The summed E-state index contributed by atoms with van der Waals surface area (Å²) >= 11 is 5.88. The number of halogens is 1. The summed E-state index contributed by atoms with van der Waals surface area (Å²) in [5, 5.41) is 15.1. The first-order valence-electron chi connectivity index (χ1n) is 8.23. The zero-order valence-corrected chi connectivity index (χ0v) is 17.1. The van der Waals surface area contributed by atoms with E-state index in [1.807, 2.05) is 19.1 Å². The third-order valence-corrected chi connectivity index (χ3v) is 5.67. The molecule has 27 heavy (non-hydrogen) atoms. The van der Waals surface area contributed by atoms with Gasteiger partial charge in [-0.05, 0) is 57.5 Å². The normalized spacial score (nSPS) is 13.2. The highest BCUT2D eigenvalue weighted by molar-refractivity contribution is 7.89. The van der Waals surface area contributed by atoms with Crippen molar-refractivity contribution in [2.45, 2.75) is 44.2 Å². The van der Waals surface area contributed by atoms with Crippen molar-refractivity contribution in [1.82, 2.24) is 4.72 Å². The summed E-state index contributed by atoms with van der Waals surface area (Å²) in [6, 6.07) is 10.7. The van der Waals surface area contributed by atoms with Gasteiger partial charge < -0.3 is 5.32 Å². The van der Waals surface area contributed by atoms with Gasteiger partial charge in [-0.25, -0.2) is 13.1 Å². The molecule has 0 aliphatic heterocycles. The fourth-order valence-electron chi connectivity index (χ4n) is 2.48. The van der Waals surface area contributed by atoms with Gasteiger partial charge in [0, 0.05) is 22.7 Å². The van der Waals surface area contributed by atoms with Crippen LogP contribution in [-0.4, -0.2) is 18.9 Å². The molecule has 0 fully saturated rings. The molecule has 0 amide bonds. The third kappa shape index (κ3) is 5.66. The Balaban J connectivity index is 2.36. The second-order valence-electron chi connectivity index (χ2n) is 7.21. The number of hydrogen-bond acceptors (Lipinski definition) is 5. The average Bonchev–Trinajstić information content (AvgIpc) is 2.53. The molecule has 0 unspecified atom stereocenters. The van der Waals surface area contributed by atoms with Crippen molar-refractivity contribution in [3.8, 4) is 0 Å². The molecular weight excluding hydrogens is 390 g/mol. The minimum Gasteiger partial charge on any atom is -0.373 e. The van der Waals surface area contributed by atoms with E-state index in [1.54, 1.807) is 32.9 Å². The van der Waals surface area contributed by atoms with Crippen molar-refractivity contribution in [1.29, 1.82) is 0 Å². The van der Waals surface area contributed by atoms with Crippen molar-refractivity contribution in [3.05, 3.63) is 63.2 Å². The molecule has 0 bridgehead atoms. The molecule has 0 aromatic heterocycles. The fourth-order valence-corrected chi connectivity index (χ4v) is 4.05. The molecule has 9 heteroatoms. The van der Waals surface area contributed by atoms with Gasteiger partial charge in [0.2, 0.25) is 10.0 Å². The topological polar surface area (TPSA) is 101 Å². The van der Waals surface area contributed by atoms with Crippen LogP contribution in [0.25, 0.3) is 0 Å². The van der Waals surface area contributed by atoms with E-state index in [1.165, 1.54) is 12.1 Å². The van der Waals surface area contributed by atoms with Crippen molar-refractivity contribution < 1.29 is 13.3 Å². The molecule has 0 heterocycles. The maximum Gasteiger partial charge on any atom is 0.293 e. The number of nitro groups is 1. The molecule has 0 saturated carbocycles. The van der Waals surface area contributed by atoms with Gasteiger partial charge in [-0.2, -0.15) is 0 Å². The molecule has 0 aliphatic rings. The lowest BCUT2D eigenvalue weighted by Crippen LogP contribution is -2.40. The van der Waals surface area contributed by atoms with Crippen LogP contribution in [0.3, 0.4) is 0 Å². The first-order chi connectivity index (χ1) is 12.4.